The van der Waals surface area contributed by atoms with E-state index >= 15 is 0 Å². The zero-order valence-electron chi connectivity index (χ0n) is 30.5. The number of rotatable bonds is 27. The molecule has 0 aliphatic rings. The summed E-state index contributed by atoms with van der Waals surface area (Å²) in [6, 6.07) is 10.1. The summed E-state index contributed by atoms with van der Waals surface area (Å²) >= 11 is 0. The lowest BCUT2D eigenvalue weighted by atomic mass is 10.00. The molecule has 2 aromatic carbocycles. The van der Waals surface area contributed by atoms with Gasteiger partial charge in [-0.25, -0.2) is 4.79 Å². The van der Waals surface area contributed by atoms with E-state index in [2.05, 4.69) is 22.9 Å². The highest BCUT2D eigenvalue weighted by Gasteiger charge is 2.30. The van der Waals surface area contributed by atoms with Crippen molar-refractivity contribution in [1.29, 1.82) is 0 Å². The fourth-order valence-corrected chi connectivity index (χ4v) is 6.15. The first kappa shape index (κ1) is 42.2. The zero-order chi connectivity index (χ0) is 36.7. The molecule has 0 unspecified atom stereocenters. The number of nitrogens with one attached hydrogen (secondary N) is 3. The largest absolute Gasteiger partial charge is 0.481 e. The molecule has 0 saturated heterocycles. The maximum atomic E-state index is 13.7. The number of aliphatic carboxylic acids is 2. The number of fused-ring (bicyclic) bond motifs is 1. The normalized spacial score (nSPS) is 13.0. The number of carbonyl (C=O) groups is 5. The third-order valence-corrected chi connectivity index (χ3v) is 9.01. The third kappa shape index (κ3) is 17.6. The predicted octanol–water partition coefficient (Wildman–Crippen LogP) is 7.31. The van der Waals surface area contributed by atoms with Gasteiger partial charge in [-0.2, -0.15) is 0 Å². The molecule has 50 heavy (non-hydrogen) atoms. The van der Waals surface area contributed by atoms with Gasteiger partial charge in [-0.3, -0.25) is 19.2 Å². The molecule has 3 atom stereocenters. The minimum absolute atomic E-state index is 0.0279. The first-order chi connectivity index (χ1) is 24.0. The van der Waals surface area contributed by atoms with Crippen LogP contribution in [0.4, 0.5) is 0 Å². The molecule has 0 aliphatic heterocycles. The number of unbranched alkanes of at least 4 members (excludes halogenated alkanes) is 12. The standard InChI is InChI=1S/C40H61N3O7/c1-4-5-6-7-8-9-10-11-12-13-14-15-16-21-36(44)41-34(28-30-22-23-31-19-17-18-20-32(31)27-30)39(48)42-33(24-25-37(45)46)38(47)43-35(40(49)50)26-29(2)3/h17-20,22-23,27,29,33-35H,4-16,21,24-26,28H2,1-3H3,(H,41,44)(H,42,48)(H,43,47)(H,45,46)(H,49,50)/t33-,34-,35-/m0/s1. The second-order valence-electron chi connectivity index (χ2n) is 14.0. The fourth-order valence-electron chi connectivity index (χ4n) is 6.15. The van der Waals surface area contributed by atoms with Crippen LogP contribution in [-0.2, 0) is 30.4 Å². The number of carboxylic acids is 2. The van der Waals surface area contributed by atoms with Gasteiger partial charge < -0.3 is 26.2 Å². The first-order valence-electron chi connectivity index (χ1n) is 18.8. The Balaban J connectivity index is 2.02. The summed E-state index contributed by atoms with van der Waals surface area (Å²) in [5.41, 5.74) is 0.805. The summed E-state index contributed by atoms with van der Waals surface area (Å²) in [5, 5.41) is 28.9. The van der Waals surface area contributed by atoms with Crippen LogP contribution >= 0.6 is 0 Å². The van der Waals surface area contributed by atoms with E-state index in [-0.39, 0.29) is 37.5 Å². The minimum atomic E-state index is -1.30. The zero-order valence-corrected chi connectivity index (χ0v) is 30.5. The minimum Gasteiger partial charge on any atom is -0.481 e. The molecule has 0 bridgehead atoms. The van der Waals surface area contributed by atoms with E-state index in [9.17, 15) is 34.2 Å². The Morgan fingerprint density at radius 3 is 1.72 bits per heavy atom. The molecular formula is C40H61N3O7. The molecule has 2 rings (SSSR count). The Morgan fingerprint density at radius 2 is 1.16 bits per heavy atom. The van der Waals surface area contributed by atoms with Crippen molar-refractivity contribution in [3.8, 4) is 0 Å². The van der Waals surface area contributed by atoms with E-state index in [1.165, 1.54) is 57.8 Å². The lowest BCUT2D eigenvalue weighted by Gasteiger charge is -2.25. The molecule has 0 spiro atoms. The van der Waals surface area contributed by atoms with Crippen molar-refractivity contribution in [3.05, 3.63) is 48.0 Å². The molecule has 2 aromatic rings. The Morgan fingerprint density at radius 1 is 0.620 bits per heavy atom. The lowest BCUT2D eigenvalue weighted by molar-refractivity contribution is -0.143. The molecular weight excluding hydrogens is 634 g/mol. The summed E-state index contributed by atoms with van der Waals surface area (Å²) in [5.74, 6) is -4.10. The quantitative estimate of drug-likeness (QED) is 0.0612. The van der Waals surface area contributed by atoms with Gasteiger partial charge in [0.1, 0.15) is 18.1 Å². The van der Waals surface area contributed by atoms with Crippen LogP contribution in [0.2, 0.25) is 0 Å². The Labute approximate surface area is 298 Å². The van der Waals surface area contributed by atoms with Gasteiger partial charge in [-0.15, -0.1) is 0 Å². The van der Waals surface area contributed by atoms with E-state index in [1.807, 2.05) is 56.3 Å². The Bertz CT molecular complexity index is 1350. The van der Waals surface area contributed by atoms with Crippen molar-refractivity contribution >= 4 is 40.4 Å². The van der Waals surface area contributed by atoms with Gasteiger partial charge in [-0.1, -0.05) is 140 Å². The van der Waals surface area contributed by atoms with Crippen LogP contribution in [0.15, 0.2) is 42.5 Å². The van der Waals surface area contributed by atoms with Crippen molar-refractivity contribution in [2.75, 3.05) is 0 Å². The predicted molar refractivity (Wildman–Crippen MR) is 198 cm³/mol. The second-order valence-corrected chi connectivity index (χ2v) is 14.0. The molecule has 0 fully saturated rings. The van der Waals surface area contributed by atoms with Gasteiger partial charge in [0.2, 0.25) is 17.7 Å². The molecule has 0 aromatic heterocycles. The van der Waals surface area contributed by atoms with Gasteiger partial charge in [0.25, 0.3) is 0 Å². The molecule has 0 radical (unpaired) electrons. The van der Waals surface area contributed by atoms with E-state index in [0.29, 0.717) is 6.42 Å². The molecule has 0 saturated carbocycles. The van der Waals surface area contributed by atoms with Crippen LogP contribution in [0, 0.1) is 5.92 Å². The molecule has 10 nitrogen and oxygen atoms in total. The summed E-state index contributed by atoms with van der Waals surface area (Å²) in [4.78, 5) is 63.2. The van der Waals surface area contributed by atoms with Crippen molar-refractivity contribution in [3.63, 3.8) is 0 Å². The highest BCUT2D eigenvalue weighted by molar-refractivity contribution is 5.94. The number of hydrogen-bond acceptors (Lipinski definition) is 5. The number of hydrogen-bond donors (Lipinski definition) is 5. The van der Waals surface area contributed by atoms with E-state index in [4.69, 9.17) is 0 Å². The van der Waals surface area contributed by atoms with Gasteiger partial charge >= 0.3 is 11.9 Å². The van der Waals surface area contributed by atoms with Crippen LogP contribution in [0.3, 0.4) is 0 Å². The van der Waals surface area contributed by atoms with Crippen molar-refractivity contribution in [2.45, 2.75) is 154 Å². The van der Waals surface area contributed by atoms with Gasteiger partial charge in [0.15, 0.2) is 0 Å². The van der Waals surface area contributed by atoms with Crippen LogP contribution in [0.1, 0.15) is 135 Å². The first-order valence-corrected chi connectivity index (χ1v) is 18.8. The van der Waals surface area contributed by atoms with Gasteiger partial charge in [0, 0.05) is 19.3 Å². The highest BCUT2D eigenvalue weighted by Crippen LogP contribution is 2.18. The van der Waals surface area contributed by atoms with Crippen molar-refractivity contribution < 1.29 is 34.2 Å². The average Bonchev–Trinajstić information content (AvgIpc) is 3.07. The van der Waals surface area contributed by atoms with Crippen LogP contribution in [0.5, 0.6) is 0 Å². The van der Waals surface area contributed by atoms with Crippen LogP contribution in [-0.4, -0.2) is 58.0 Å². The Kier molecular flexibility index (Phi) is 20.5. The summed E-state index contributed by atoms with van der Waals surface area (Å²) < 4.78 is 0. The second kappa shape index (κ2) is 24.2. The van der Waals surface area contributed by atoms with E-state index < -0.39 is 48.3 Å². The van der Waals surface area contributed by atoms with Crippen LogP contribution < -0.4 is 16.0 Å². The van der Waals surface area contributed by atoms with Gasteiger partial charge in [-0.05, 0) is 41.5 Å². The molecule has 0 heterocycles. The maximum absolute atomic E-state index is 13.7. The number of carbonyl (C=O) groups excluding carboxylic acids is 3. The summed E-state index contributed by atoms with van der Waals surface area (Å²) in [6.07, 6.45) is 15.4. The molecule has 0 aliphatic carbocycles. The van der Waals surface area contributed by atoms with E-state index in [0.717, 1.165) is 35.6 Å². The molecule has 3 amide bonds. The SMILES string of the molecule is CCCCCCCCCCCCCCCC(=O)N[C@@H](Cc1ccc2ccccc2c1)C(=O)N[C@@H](CCC(=O)O)C(=O)N[C@@H](CC(C)C)C(=O)O. The highest BCUT2D eigenvalue weighted by atomic mass is 16.4. The van der Waals surface area contributed by atoms with Gasteiger partial charge in [0.05, 0.1) is 0 Å². The summed E-state index contributed by atoms with van der Waals surface area (Å²) in [7, 11) is 0. The summed E-state index contributed by atoms with van der Waals surface area (Å²) in [6.45, 7) is 5.88. The Hall–Kier alpha value is -3.95. The smallest absolute Gasteiger partial charge is 0.326 e. The van der Waals surface area contributed by atoms with Crippen LogP contribution in [0.25, 0.3) is 10.8 Å². The average molecular weight is 696 g/mol. The lowest BCUT2D eigenvalue weighted by Crippen LogP contribution is -2.56. The third-order valence-electron chi connectivity index (χ3n) is 9.01. The molecule has 278 valence electrons. The monoisotopic (exact) mass is 695 g/mol. The van der Waals surface area contributed by atoms with Crippen molar-refractivity contribution in [1.82, 2.24) is 16.0 Å². The van der Waals surface area contributed by atoms with Crippen molar-refractivity contribution in [2.24, 2.45) is 5.92 Å². The molecule has 5 N–H and O–H groups in total. The van der Waals surface area contributed by atoms with E-state index in [1.54, 1.807) is 0 Å². The number of amides is 3. The number of carboxylic acid groups (broad SMARTS) is 2. The number of benzene rings is 2. The topological polar surface area (TPSA) is 162 Å². The molecule has 10 heteroatoms. The maximum Gasteiger partial charge on any atom is 0.326 e. The fraction of sp³-hybridized carbons (Fsp3) is 0.625.